The van der Waals surface area contributed by atoms with Gasteiger partial charge in [0.25, 0.3) is 0 Å². The van der Waals surface area contributed by atoms with Gasteiger partial charge in [-0.3, -0.25) is 4.79 Å². The van der Waals surface area contributed by atoms with Crippen LogP contribution in [0.3, 0.4) is 0 Å². The van der Waals surface area contributed by atoms with Crippen LogP contribution >= 0.6 is 0 Å². The molecule has 21 heavy (non-hydrogen) atoms. The number of hydrogen-bond donors (Lipinski definition) is 1. The monoisotopic (exact) mass is 312 g/mol. The summed E-state index contributed by atoms with van der Waals surface area (Å²) in [4.78, 5) is 16.0. The van der Waals surface area contributed by atoms with Crippen molar-refractivity contribution < 1.29 is 17.9 Å². The molecule has 0 aliphatic carbocycles. The minimum atomic E-state index is -3.32. The van der Waals surface area contributed by atoms with Gasteiger partial charge in [-0.05, 0) is 30.9 Å². The Labute approximate surface area is 124 Å². The summed E-state index contributed by atoms with van der Waals surface area (Å²) in [6.07, 6.45) is 4.24. The molecule has 0 aromatic carbocycles. The Morgan fingerprint density at radius 2 is 2.05 bits per heavy atom. The van der Waals surface area contributed by atoms with Gasteiger partial charge in [0.15, 0.2) is 14.9 Å². The third-order valence-electron chi connectivity index (χ3n) is 3.77. The number of pyridine rings is 1. The summed E-state index contributed by atoms with van der Waals surface area (Å²) in [6, 6.07) is 2.95. The summed E-state index contributed by atoms with van der Waals surface area (Å²) in [7, 11) is -3.32. The highest BCUT2D eigenvalue weighted by Gasteiger charge is 2.26. The zero-order chi connectivity index (χ0) is 15.5. The van der Waals surface area contributed by atoms with Crippen LogP contribution in [0.25, 0.3) is 0 Å². The van der Waals surface area contributed by atoms with Crippen molar-refractivity contribution in [3.8, 4) is 0 Å². The van der Waals surface area contributed by atoms with Crippen LogP contribution in [-0.4, -0.2) is 38.8 Å². The van der Waals surface area contributed by atoms with Crippen molar-refractivity contribution in [2.75, 3.05) is 24.8 Å². The van der Waals surface area contributed by atoms with E-state index < -0.39 is 9.84 Å². The number of rotatable bonds is 4. The largest absolute Gasteiger partial charge is 0.381 e. The van der Waals surface area contributed by atoms with E-state index >= 15 is 0 Å². The average Bonchev–Trinajstić information content (AvgIpc) is 2.47. The van der Waals surface area contributed by atoms with Gasteiger partial charge in [0.2, 0.25) is 5.91 Å². The summed E-state index contributed by atoms with van der Waals surface area (Å²) < 4.78 is 27.9. The summed E-state index contributed by atoms with van der Waals surface area (Å²) in [5.41, 5.74) is 0.506. The van der Waals surface area contributed by atoms with Crippen LogP contribution in [-0.2, 0) is 19.4 Å². The fourth-order valence-corrected chi connectivity index (χ4v) is 2.92. The summed E-state index contributed by atoms with van der Waals surface area (Å²) in [5.74, 6) is 0.140. The number of nitrogens with one attached hydrogen (secondary N) is 1. The van der Waals surface area contributed by atoms with Gasteiger partial charge in [0, 0.05) is 25.4 Å². The van der Waals surface area contributed by atoms with E-state index in [2.05, 4.69) is 10.3 Å². The molecule has 1 amide bonds. The summed E-state index contributed by atoms with van der Waals surface area (Å²) in [5, 5.41) is 2.78. The predicted molar refractivity (Wildman–Crippen MR) is 78.7 cm³/mol. The molecule has 0 spiro atoms. The highest BCUT2D eigenvalue weighted by Crippen LogP contribution is 2.24. The molecule has 7 heteroatoms. The van der Waals surface area contributed by atoms with E-state index in [4.69, 9.17) is 4.74 Å². The second kappa shape index (κ2) is 6.53. The first-order valence-electron chi connectivity index (χ1n) is 6.92. The number of carbonyl (C=O) groups excluding carboxylic acids is 1. The van der Waals surface area contributed by atoms with Gasteiger partial charge < -0.3 is 10.1 Å². The number of nitrogens with zero attached hydrogens (tertiary/aromatic N) is 1. The minimum absolute atomic E-state index is 0.00187. The molecule has 1 aromatic heterocycles. The predicted octanol–water partition coefficient (Wildman–Crippen LogP) is 1.49. The molecule has 0 radical (unpaired) electrons. The Morgan fingerprint density at radius 1 is 1.38 bits per heavy atom. The molecular formula is C14H20N2O4S. The van der Waals surface area contributed by atoms with Crippen LogP contribution < -0.4 is 5.32 Å². The molecule has 0 saturated carbocycles. The molecule has 1 saturated heterocycles. The lowest BCUT2D eigenvalue weighted by molar-refractivity contribution is -0.122. The van der Waals surface area contributed by atoms with Crippen LogP contribution in [0.2, 0.25) is 0 Å². The molecule has 1 fully saturated rings. The van der Waals surface area contributed by atoms with Gasteiger partial charge >= 0.3 is 0 Å². The van der Waals surface area contributed by atoms with Crippen LogP contribution in [0.1, 0.15) is 19.8 Å². The molecule has 0 bridgehead atoms. The lowest BCUT2D eigenvalue weighted by atomic mass is 9.87. The van der Waals surface area contributed by atoms with Crippen molar-refractivity contribution in [3.63, 3.8) is 0 Å². The highest BCUT2D eigenvalue weighted by atomic mass is 32.2. The van der Waals surface area contributed by atoms with E-state index in [0.717, 1.165) is 19.1 Å². The third kappa shape index (κ3) is 4.25. The van der Waals surface area contributed by atoms with E-state index in [1.165, 1.54) is 12.3 Å². The van der Waals surface area contributed by atoms with Gasteiger partial charge in [-0.25, -0.2) is 13.4 Å². The average molecular weight is 312 g/mol. The molecule has 1 atom stereocenters. The molecule has 1 N–H and O–H groups in total. The Morgan fingerprint density at radius 3 is 2.57 bits per heavy atom. The molecule has 1 aliphatic heterocycles. The van der Waals surface area contributed by atoms with Crippen LogP contribution in [0.5, 0.6) is 0 Å². The van der Waals surface area contributed by atoms with Gasteiger partial charge in [-0.1, -0.05) is 6.92 Å². The lowest BCUT2D eigenvalue weighted by Gasteiger charge is -2.26. The first kappa shape index (κ1) is 15.9. The number of hydrogen-bond acceptors (Lipinski definition) is 5. The summed E-state index contributed by atoms with van der Waals surface area (Å²) in [6.45, 7) is 3.31. The van der Waals surface area contributed by atoms with Crippen molar-refractivity contribution in [1.29, 1.82) is 0 Å². The van der Waals surface area contributed by atoms with Crippen molar-refractivity contribution >= 4 is 21.4 Å². The number of anilines is 1. The zero-order valence-corrected chi connectivity index (χ0v) is 13.0. The van der Waals surface area contributed by atoms with Crippen molar-refractivity contribution in [2.45, 2.75) is 24.8 Å². The van der Waals surface area contributed by atoms with Crippen LogP contribution in [0.4, 0.5) is 5.69 Å². The van der Waals surface area contributed by atoms with Crippen molar-refractivity contribution in [1.82, 2.24) is 4.98 Å². The van der Waals surface area contributed by atoms with Crippen LogP contribution in [0, 0.1) is 11.8 Å². The minimum Gasteiger partial charge on any atom is -0.381 e. The topological polar surface area (TPSA) is 85.4 Å². The quantitative estimate of drug-likeness (QED) is 0.910. The molecule has 2 rings (SSSR count). The second-order valence-electron chi connectivity index (χ2n) is 5.39. The molecule has 2 heterocycles. The third-order valence-corrected chi connectivity index (χ3v) is 4.77. The number of sulfone groups is 1. The maximum absolute atomic E-state index is 12.2. The van der Waals surface area contributed by atoms with E-state index in [1.54, 1.807) is 6.07 Å². The summed E-state index contributed by atoms with van der Waals surface area (Å²) >= 11 is 0. The van der Waals surface area contributed by atoms with E-state index in [1.807, 2.05) is 6.92 Å². The first-order chi connectivity index (χ1) is 9.88. The maximum atomic E-state index is 12.2. The molecule has 1 unspecified atom stereocenters. The Bertz CT molecular complexity index is 592. The van der Waals surface area contributed by atoms with Crippen molar-refractivity contribution in [2.24, 2.45) is 11.8 Å². The van der Waals surface area contributed by atoms with Gasteiger partial charge in [-0.2, -0.15) is 0 Å². The Kier molecular flexibility index (Phi) is 4.95. The molecule has 1 aromatic rings. The van der Waals surface area contributed by atoms with E-state index in [9.17, 15) is 13.2 Å². The molecular weight excluding hydrogens is 292 g/mol. The fourth-order valence-electron chi connectivity index (χ4n) is 2.36. The first-order valence-corrected chi connectivity index (χ1v) is 8.82. The fraction of sp³-hybridized carbons (Fsp3) is 0.571. The van der Waals surface area contributed by atoms with E-state index in [-0.39, 0.29) is 16.9 Å². The standard InChI is InChI=1S/C14H20N2O4S/c1-10(11-5-7-20-8-6-11)14(17)16-12-3-4-13(15-9-12)21(2,18)19/h3-4,9-11H,5-8H2,1-2H3,(H,16,17). The lowest BCUT2D eigenvalue weighted by Crippen LogP contribution is -2.31. The number of amides is 1. The van der Waals surface area contributed by atoms with Crippen LogP contribution in [0.15, 0.2) is 23.4 Å². The van der Waals surface area contributed by atoms with Crippen molar-refractivity contribution in [3.05, 3.63) is 18.3 Å². The van der Waals surface area contributed by atoms with Gasteiger partial charge in [-0.15, -0.1) is 0 Å². The number of ether oxygens (including phenoxy) is 1. The van der Waals surface area contributed by atoms with Gasteiger partial charge in [0.05, 0.1) is 11.9 Å². The second-order valence-corrected chi connectivity index (χ2v) is 7.35. The normalized spacial score (nSPS) is 18.2. The molecule has 116 valence electrons. The Hall–Kier alpha value is -1.47. The van der Waals surface area contributed by atoms with E-state index in [0.29, 0.717) is 24.8 Å². The SMILES string of the molecule is CC(C(=O)Nc1ccc(S(C)(=O)=O)nc1)C1CCOCC1. The number of carbonyl (C=O) groups is 1. The Balaban J connectivity index is 1.99. The number of aromatic nitrogens is 1. The zero-order valence-electron chi connectivity index (χ0n) is 12.2. The molecule has 1 aliphatic rings. The smallest absolute Gasteiger partial charge is 0.227 e. The molecule has 6 nitrogen and oxygen atoms in total. The maximum Gasteiger partial charge on any atom is 0.227 e. The highest BCUT2D eigenvalue weighted by molar-refractivity contribution is 7.90. The van der Waals surface area contributed by atoms with Gasteiger partial charge in [0.1, 0.15) is 0 Å².